The molecule has 2 saturated heterocycles. The van der Waals surface area contributed by atoms with Crippen molar-refractivity contribution in [2.24, 2.45) is 11.8 Å². The van der Waals surface area contributed by atoms with Gasteiger partial charge in [0.05, 0.1) is 24.3 Å². The van der Waals surface area contributed by atoms with Crippen LogP contribution in [0.3, 0.4) is 0 Å². The van der Waals surface area contributed by atoms with Gasteiger partial charge in [-0.25, -0.2) is 0 Å². The number of aryl methyl sites for hydroxylation is 1. The highest BCUT2D eigenvalue weighted by Gasteiger charge is 2.39. The van der Waals surface area contributed by atoms with Crippen molar-refractivity contribution in [3.8, 4) is 0 Å². The van der Waals surface area contributed by atoms with Gasteiger partial charge in [0.2, 0.25) is 5.91 Å². The van der Waals surface area contributed by atoms with Gasteiger partial charge in [0.15, 0.2) is 0 Å². The first-order valence-electron chi connectivity index (χ1n) is 8.63. The first kappa shape index (κ1) is 16.4. The van der Waals surface area contributed by atoms with Gasteiger partial charge >= 0.3 is 0 Å². The molecule has 5 nitrogen and oxygen atoms in total. The van der Waals surface area contributed by atoms with Gasteiger partial charge in [0.25, 0.3) is 0 Å². The van der Waals surface area contributed by atoms with Crippen molar-refractivity contribution in [3.05, 3.63) is 29.6 Å². The summed E-state index contributed by atoms with van der Waals surface area (Å²) in [6.07, 6.45) is 4.96. The molecule has 0 saturated carbocycles. The van der Waals surface area contributed by atoms with E-state index in [0.29, 0.717) is 19.1 Å². The maximum atomic E-state index is 12.6. The summed E-state index contributed by atoms with van der Waals surface area (Å²) in [5.41, 5.74) is 2.05. The number of hydrogen-bond donors (Lipinski definition) is 1. The number of carbonyl (C=O) groups excluding carboxylic acids is 1. The minimum atomic E-state index is -0.00701. The summed E-state index contributed by atoms with van der Waals surface area (Å²) in [5.74, 6) is 0.630. The average molecular weight is 317 g/mol. The van der Waals surface area contributed by atoms with Crippen molar-refractivity contribution in [1.29, 1.82) is 0 Å². The van der Waals surface area contributed by atoms with Crippen LogP contribution in [0.25, 0.3) is 0 Å². The lowest BCUT2D eigenvalue weighted by Crippen LogP contribution is -2.42. The number of pyridine rings is 1. The van der Waals surface area contributed by atoms with Crippen LogP contribution >= 0.6 is 0 Å². The molecule has 0 bridgehead atoms. The number of hydrogen-bond acceptors (Lipinski definition) is 4. The maximum absolute atomic E-state index is 12.6. The highest BCUT2D eigenvalue weighted by molar-refractivity contribution is 5.79. The highest BCUT2D eigenvalue weighted by Crippen LogP contribution is 2.33. The summed E-state index contributed by atoms with van der Waals surface area (Å²) in [6.45, 7) is 5.44. The third kappa shape index (κ3) is 3.90. The molecule has 1 amide bonds. The van der Waals surface area contributed by atoms with E-state index in [0.717, 1.165) is 43.6 Å². The van der Waals surface area contributed by atoms with Gasteiger partial charge in [-0.2, -0.15) is 0 Å². The van der Waals surface area contributed by atoms with Crippen LogP contribution in [0.5, 0.6) is 0 Å². The molecule has 1 aromatic heterocycles. The van der Waals surface area contributed by atoms with Crippen molar-refractivity contribution >= 4 is 5.91 Å². The van der Waals surface area contributed by atoms with Gasteiger partial charge in [-0.05, 0) is 63.9 Å². The fraction of sp³-hybridized carbons (Fsp3) is 0.667. The zero-order valence-electron chi connectivity index (χ0n) is 14.1. The molecule has 1 N–H and O–H groups in total. The third-order valence-electron chi connectivity index (χ3n) is 5.25. The molecule has 0 radical (unpaired) electrons. The Kier molecular flexibility index (Phi) is 5.28. The lowest BCUT2D eigenvalue weighted by Gasteiger charge is -2.34. The number of nitrogens with zero attached hydrogens (tertiary/aromatic N) is 2. The number of carbonyl (C=O) groups is 1. The Morgan fingerprint density at radius 1 is 1.39 bits per heavy atom. The zero-order chi connectivity index (χ0) is 16.2. The number of piperidine rings is 1. The molecule has 2 atom stereocenters. The lowest BCUT2D eigenvalue weighted by molar-refractivity contribution is -0.128. The molecule has 3 rings (SSSR count). The predicted molar refractivity (Wildman–Crippen MR) is 88.9 cm³/mol. The second-order valence-corrected chi connectivity index (χ2v) is 6.86. The molecule has 5 heteroatoms. The Morgan fingerprint density at radius 3 is 2.91 bits per heavy atom. The molecule has 126 valence electrons. The number of nitrogens with one attached hydrogen (secondary N) is 1. The number of likely N-dealkylation sites (tertiary alicyclic amines) is 1. The number of rotatable bonds is 4. The number of ether oxygens (including phenoxy) is 1. The van der Waals surface area contributed by atoms with Crippen molar-refractivity contribution < 1.29 is 9.53 Å². The summed E-state index contributed by atoms with van der Waals surface area (Å²) < 4.78 is 5.94. The van der Waals surface area contributed by atoms with E-state index in [4.69, 9.17) is 4.74 Å². The average Bonchev–Trinajstić information content (AvgIpc) is 3.04. The van der Waals surface area contributed by atoms with Crippen molar-refractivity contribution in [2.45, 2.75) is 38.8 Å². The van der Waals surface area contributed by atoms with Crippen molar-refractivity contribution in [2.75, 3.05) is 26.7 Å². The Bertz CT molecular complexity index is 541. The topological polar surface area (TPSA) is 54.5 Å². The van der Waals surface area contributed by atoms with Crippen LogP contribution in [-0.4, -0.2) is 48.6 Å². The monoisotopic (exact) mass is 317 g/mol. The van der Waals surface area contributed by atoms with Gasteiger partial charge in [0.1, 0.15) is 0 Å². The fourth-order valence-electron chi connectivity index (χ4n) is 3.72. The Morgan fingerprint density at radius 2 is 2.17 bits per heavy atom. The molecule has 0 aliphatic carbocycles. The minimum absolute atomic E-state index is 0.00701. The quantitative estimate of drug-likeness (QED) is 0.919. The van der Waals surface area contributed by atoms with Crippen LogP contribution in [0.15, 0.2) is 18.3 Å². The van der Waals surface area contributed by atoms with Gasteiger partial charge in [-0.1, -0.05) is 6.07 Å². The summed E-state index contributed by atoms with van der Waals surface area (Å²) in [4.78, 5) is 19.3. The first-order valence-corrected chi connectivity index (χ1v) is 8.63. The molecular weight excluding hydrogens is 290 g/mol. The van der Waals surface area contributed by atoms with Crippen LogP contribution in [-0.2, 0) is 16.1 Å². The molecule has 0 aromatic carbocycles. The largest absolute Gasteiger partial charge is 0.377 e. The van der Waals surface area contributed by atoms with Gasteiger partial charge < -0.3 is 15.0 Å². The van der Waals surface area contributed by atoms with E-state index in [1.54, 1.807) is 6.20 Å². The Balaban J connectivity index is 1.57. The van der Waals surface area contributed by atoms with E-state index in [-0.39, 0.29) is 17.9 Å². The Labute approximate surface area is 138 Å². The molecule has 2 fully saturated rings. The standard InChI is InChI=1S/C18H27N3O2/c1-13-4-3-8-19-16(13)12-20-18(22)15-7-11-23-17(15)14-5-9-21(2)10-6-14/h3-4,8,14-15,17H,5-7,9-12H2,1-2H3,(H,20,22)/t15-,17+/m0/s1. The molecule has 3 heterocycles. The first-order chi connectivity index (χ1) is 11.1. The van der Waals surface area contributed by atoms with E-state index < -0.39 is 0 Å². The minimum Gasteiger partial charge on any atom is -0.377 e. The van der Waals surface area contributed by atoms with E-state index in [2.05, 4.69) is 22.2 Å². The normalized spacial score (nSPS) is 26.3. The molecule has 2 aliphatic heterocycles. The van der Waals surface area contributed by atoms with E-state index in [1.165, 1.54) is 0 Å². The Hall–Kier alpha value is -1.46. The molecular formula is C18H27N3O2. The van der Waals surface area contributed by atoms with Crippen molar-refractivity contribution in [3.63, 3.8) is 0 Å². The second-order valence-electron chi connectivity index (χ2n) is 6.86. The van der Waals surface area contributed by atoms with Gasteiger partial charge in [-0.3, -0.25) is 9.78 Å². The van der Waals surface area contributed by atoms with Gasteiger partial charge in [-0.15, -0.1) is 0 Å². The SMILES string of the molecule is Cc1cccnc1CNC(=O)[C@H]1CCO[C@@H]1C1CCN(C)CC1. The third-order valence-corrected chi connectivity index (χ3v) is 5.25. The van der Waals surface area contributed by atoms with Gasteiger partial charge in [0, 0.05) is 12.8 Å². The number of aromatic nitrogens is 1. The molecule has 0 spiro atoms. The van der Waals surface area contributed by atoms with E-state index in [9.17, 15) is 4.79 Å². The summed E-state index contributed by atoms with van der Waals surface area (Å²) in [7, 11) is 2.16. The van der Waals surface area contributed by atoms with E-state index >= 15 is 0 Å². The summed E-state index contributed by atoms with van der Waals surface area (Å²) >= 11 is 0. The zero-order valence-corrected chi connectivity index (χ0v) is 14.1. The predicted octanol–water partition coefficient (Wildman–Crippen LogP) is 1.75. The van der Waals surface area contributed by atoms with E-state index in [1.807, 2.05) is 19.1 Å². The molecule has 1 aromatic rings. The summed E-state index contributed by atoms with van der Waals surface area (Å²) in [6, 6.07) is 3.94. The lowest BCUT2D eigenvalue weighted by atomic mass is 9.84. The molecule has 2 aliphatic rings. The summed E-state index contributed by atoms with van der Waals surface area (Å²) in [5, 5.41) is 3.07. The van der Waals surface area contributed by atoms with Crippen molar-refractivity contribution in [1.82, 2.24) is 15.2 Å². The maximum Gasteiger partial charge on any atom is 0.226 e. The van der Waals surface area contributed by atoms with Crippen LogP contribution < -0.4 is 5.32 Å². The highest BCUT2D eigenvalue weighted by atomic mass is 16.5. The van der Waals surface area contributed by atoms with Crippen LogP contribution in [0.4, 0.5) is 0 Å². The number of amides is 1. The molecule has 23 heavy (non-hydrogen) atoms. The fourth-order valence-corrected chi connectivity index (χ4v) is 3.72. The smallest absolute Gasteiger partial charge is 0.226 e. The van der Waals surface area contributed by atoms with Crippen LogP contribution in [0, 0.1) is 18.8 Å². The van der Waals surface area contributed by atoms with Crippen LogP contribution in [0.2, 0.25) is 0 Å². The molecule has 0 unspecified atom stereocenters. The van der Waals surface area contributed by atoms with Crippen LogP contribution in [0.1, 0.15) is 30.5 Å². The second kappa shape index (κ2) is 7.41.